The van der Waals surface area contributed by atoms with Crippen molar-refractivity contribution >= 4 is 5.69 Å². The van der Waals surface area contributed by atoms with Gasteiger partial charge >= 0.3 is 0 Å². The summed E-state index contributed by atoms with van der Waals surface area (Å²) in [6.07, 6.45) is 6.85. The summed E-state index contributed by atoms with van der Waals surface area (Å²) in [5, 5.41) is 0. The van der Waals surface area contributed by atoms with Crippen LogP contribution in [0.2, 0.25) is 0 Å². The van der Waals surface area contributed by atoms with Crippen LogP contribution in [-0.4, -0.2) is 0 Å². The van der Waals surface area contributed by atoms with Crippen molar-refractivity contribution in [2.24, 2.45) is 5.92 Å². The molecule has 0 aromatic heterocycles. The van der Waals surface area contributed by atoms with Crippen molar-refractivity contribution in [2.75, 3.05) is 5.73 Å². The van der Waals surface area contributed by atoms with Gasteiger partial charge < -0.3 is 5.73 Å². The highest BCUT2D eigenvalue weighted by molar-refractivity contribution is 5.41. The first-order valence-corrected chi connectivity index (χ1v) is 6.15. The fourth-order valence-electron chi connectivity index (χ4n) is 2.78. The van der Waals surface area contributed by atoms with Gasteiger partial charge in [-0.3, -0.25) is 0 Å². The molecule has 1 aliphatic rings. The second kappa shape index (κ2) is 4.69. The Bertz CT molecular complexity index is 319. The largest absolute Gasteiger partial charge is 0.399 e. The van der Waals surface area contributed by atoms with Crippen LogP contribution in [0.3, 0.4) is 0 Å². The van der Waals surface area contributed by atoms with E-state index in [0.717, 1.165) is 17.5 Å². The standard InChI is InChI=1S/C14H21N/c1-2-11-5-3-6-12(9-11)13-7-4-8-14(15)10-13/h4,7-8,10-12H,2-3,5-6,9,15H2,1H3. The highest BCUT2D eigenvalue weighted by atomic mass is 14.5. The molecule has 82 valence electrons. The Morgan fingerprint density at radius 1 is 1.33 bits per heavy atom. The van der Waals surface area contributed by atoms with Crippen molar-refractivity contribution in [3.05, 3.63) is 29.8 Å². The number of nitrogens with two attached hydrogens (primary N) is 1. The van der Waals surface area contributed by atoms with Crippen LogP contribution in [0, 0.1) is 5.92 Å². The van der Waals surface area contributed by atoms with E-state index >= 15 is 0 Å². The fraction of sp³-hybridized carbons (Fsp3) is 0.571. The van der Waals surface area contributed by atoms with Crippen LogP contribution in [0.1, 0.15) is 50.5 Å². The Morgan fingerprint density at radius 3 is 2.93 bits per heavy atom. The number of rotatable bonds is 2. The summed E-state index contributed by atoms with van der Waals surface area (Å²) in [4.78, 5) is 0. The maximum atomic E-state index is 5.83. The summed E-state index contributed by atoms with van der Waals surface area (Å²) < 4.78 is 0. The number of hydrogen-bond donors (Lipinski definition) is 1. The minimum Gasteiger partial charge on any atom is -0.399 e. The van der Waals surface area contributed by atoms with Gasteiger partial charge in [0.05, 0.1) is 0 Å². The summed E-state index contributed by atoms with van der Waals surface area (Å²) >= 11 is 0. The minimum absolute atomic E-state index is 0.757. The summed E-state index contributed by atoms with van der Waals surface area (Å²) in [6.45, 7) is 2.31. The van der Waals surface area contributed by atoms with E-state index in [9.17, 15) is 0 Å². The Morgan fingerprint density at radius 2 is 2.20 bits per heavy atom. The van der Waals surface area contributed by atoms with E-state index in [1.54, 1.807) is 0 Å². The second-order valence-corrected chi connectivity index (χ2v) is 4.81. The molecule has 0 amide bonds. The molecule has 2 rings (SSSR count). The molecule has 1 aromatic carbocycles. The smallest absolute Gasteiger partial charge is 0.0316 e. The van der Waals surface area contributed by atoms with Crippen molar-refractivity contribution in [1.29, 1.82) is 0 Å². The predicted octanol–water partition coefficient (Wildman–Crippen LogP) is 3.95. The molecule has 1 fully saturated rings. The zero-order valence-electron chi connectivity index (χ0n) is 9.58. The van der Waals surface area contributed by atoms with E-state index in [0.29, 0.717) is 0 Å². The van der Waals surface area contributed by atoms with Gasteiger partial charge in [-0.05, 0) is 42.4 Å². The summed E-state index contributed by atoms with van der Waals surface area (Å²) in [6, 6.07) is 8.45. The minimum atomic E-state index is 0.757. The number of benzene rings is 1. The normalized spacial score (nSPS) is 26.5. The van der Waals surface area contributed by atoms with Crippen LogP contribution in [0.4, 0.5) is 5.69 Å². The van der Waals surface area contributed by atoms with Crippen molar-refractivity contribution in [3.8, 4) is 0 Å². The van der Waals surface area contributed by atoms with Gasteiger partial charge in [0.25, 0.3) is 0 Å². The van der Waals surface area contributed by atoms with Crippen LogP contribution < -0.4 is 5.73 Å². The van der Waals surface area contributed by atoms with Crippen LogP contribution in [0.15, 0.2) is 24.3 Å². The highest BCUT2D eigenvalue weighted by Gasteiger charge is 2.21. The monoisotopic (exact) mass is 203 g/mol. The molecule has 1 heteroatoms. The average molecular weight is 203 g/mol. The molecule has 1 saturated carbocycles. The second-order valence-electron chi connectivity index (χ2n) is 4.81. The summed E-state index contributed by atoms with van der Waals surface area (Å²) in [5.41, 5.74) is 8.19. The average Bonchev–Trinajstić information content (AvgIpc) is 2.29. The van der Waals surface area contributed by atoms with Gasteiger partial charge in [0, 0.05) is 5.69 Å². The molecule has 2 N–H and O–H groups in total. The third kappa shape index (κ3) is 2.53. The molecule has 0 aliphatic heterocycles. The maximum Gasteiger partial charge on any atom is 0.0316 e. The maximum absolute atomic E-state index is 5.83. The van der Waals surface area contributed by atoms with E-state index in [1.165, 1.54) is 37.7 Å². The van der Waals surface area contributed by atoms with Gasteiger partial charge in [-0.25, -0.2) is 0 Å². The first-order valence-electron chi connectivity index (χ1n) is 6.15. The number of hydrogen-bond acceptors (Lipinski definition) is 1. The lowest BCUT2D eigenvalue weighted by molar-refractivity contribution is 0.314. The highest BCUT2D eigenvalue weighted by Crippen LogP contribution is 2.37. The molecule has 1 aliphatic carbocycles. The van der Waals surface area contributed by atoms with Gasteiger partial charge in [-0.2, -0.15) is 0 Å². The molecule has 0 spiro atoms. The predicted molar refractivity (Wildman–Crippen MR) is 65.8 cm³/mol. The van der Waals surface area contributed by atoms with Gasteiger partial charge in [-0.1, -0.05) is 38.3 Å². The molecule has 1 aromatic rings. The van der Waals surface area contributed by atoms with Gasteiger partial charge in [0.1, 0.15) is 0 Å². The van der Waals surface area contributed by atoms with E-state index in [-0.39, 0.29) is 0 Å². The van der Waals surface area contributed by atoms with Crippen LogP contribution in [0.5, 0.6) is 0 Å². The Balaban J connectivity index is 2.09. The first kappa shape index (κ1) is 10.5. The third-order valence-electron chi connectivity index (χ3n) is 3.74. The van der Waals surface area contributed by atoms with E-state index < -0.39 is 0 Å². The van der Waals surface area contributed by atoms with Crippen molar-refractivity contribution in [2.45, 2.75) is 44.9 Å². The van der Waals surface area contributed by atoms with Gasteiger partial charge in [0.2, 0.25) is 0 Å². The zero-order valence-corrected chi connectivity index (χ0v) is 9.58. The lowest BCUT2D eigenvalue weighted by atomic mass is 9.77. The van der Waals surface area contributed by atoms with Gasteiger partial charge in [0.15, 0.2) is 0 Å². The molecule has 0 heterocycles. The SMILES string of the molecule is CCC1CCCC(c2cccc(N)c2)C1. The van der Waals surface area contributed by atoms with E-state index in [4.69, 9.17) is 5.73 Å². The topological polar surface area (TPSA) is 26.0 Å². The third-order valence-corrected chi connectivity index (χ3v) is 3.74. The Labute approximate surface area is 92.7 Å². The van der Waals surface area contributed by atoms with E-state index in [1.807, 2.05) is 6.07 Å². The van der Waals surface area contributed by atoms with E-state index in [2.05, 4.69) is 25.1 Å². The quantitative estimate of drug-likeness (QED) is 0.723. The molecule has 0 bridgehead atoms. The van der Waals surface area contributed by atoms with Crippen LogP contribution in [-0.2, 0) is 0 Å². The van der Waals surface area contributed by atoms with Crippen molar-refractivity contribution < 1.29 is 0 Å². The first-order chi connectivity index (χ1) is 7.29. The molecule has 1 nitrogen and oxygen atoms in total. The van der Waals surface area contributed by atoms with Crippen LogP contribution >= 0.6 is 0 Å². The molecule has 15 heavy (non-hydrogen) atoms. The molecule has 0 radical (unpaired) electrons. The molecular weight excluding hydrogens is 182 g/mol. The number of nitrogen functional groups attached to an aromatic ring is 1. The molecular formula is C14H21N. The lowest BCUT2D eigenvalue weighted by Crippen LogP contribution is -2.13. The Kier molecular flexibility index (Phi) is 3.30. The van der Waals surface area contributed by atoms with Crippen molar-refractivity contribution in [3.63, 3.8) is 0 Å². The molecule has 2 unspecified atom stereocenters. The fourth-order valence-corrected chi connectivity index (χ4v) is 2.78. The van der Waals surface area contributed by atoms with Gasteiger partial charge in [-0.15, -0.1) is 0 Å². The van der Waals surface area contributed by atoms with Crippen LogP contribution in [0.25, 0.3) is 0 Å². The number of anilines is 1. The molecule has 0 saturated heterocycles. The lowest BCUT2D eigenvalue weighted by Gasteiger charge is -2.28. The summed E-state index contributed by atoms with van der Waals surface area (Å²) in [5.74, 6) is 1.69. The van der Waals surface area contributed by atoms with Crippen molar-refractivity contribution in [1.82, 2.24) is 0 Å². The summed E-state index contributed by atoms with van der Waals surface area (Å²) in [7, 11) is 0. The molecule has 2 atom stereocenters. The Hall–Kier alpha value is -0.980. The zero-order chi connectivity index (χ0) is 10.7.